The Hall–Kier alpha value is -1.16. The molecule has 1 atom stereocenters. The molecular formula is C8H7ClFNO2. The van der Waals surface area contributed by atoms with Crippen molar-refractivity contribution in [1.82, 2.24) is 4.98 Å². The molecule has 0 fully saturated rings. The number of carboxylic acid groups (broad SMARTS) is 1. The third-order valence-electron chi connectivity index (χ3n) is 1.67. The molecule has 1 heterocycles. The normalized spacial score (nSPS) is 12.5. The number of hydrogen-bond donors (Lipinski definition) is 1. The Balaban J connectivity index is 3.12. The van der Waals surface area contributed by atoms with Gasteiger partial charge in [0, 0.05) is 5.56 Å². The van der Waals surface area contributed by atoms with Crippen molar-refractivity contribution in [2.24, 2.45) is 0 Å². The van der Waals surface area contributed by atoms with Crippen LogP contribution in [-0.2, 0) is 4.79 Å². The lowest BCUT2D eigenvalue weighted by atomic mass is 10.0. The van der Waals surface area contributed by atoms with Gasteiger partial charge >= 0.3 is 5.97 Å². The first-order chi connectivity index (χ1) is 6.02. The molecule has 0 saturated heterocycles. The van der Waals surface area contributed by atoms with Crippen LogP contribution >= 0.6 is 11.6 Å². The molecule has 1 aromatic rings. The summed E-state index contributed by atoms with van der Waals surface area (Å²) in [7, 11) is 0. The highest BCUT2D eigenvalue weighted by atomic mass is 35.5. The maximum Gasteiger partial charge on any atom is 0.310 e. The standard InChI is InChI=1S/C8H7ClFNO2/c1-4(8(12)13)6-2-5(10)3-11-7(6)9/h2-4H,1H3,(H,12,13). The molecule has 0 amide bonds. The first-order valence-electron chi connectivity index (χ1n) is 3.56. The number of carboxylic acids is 1. The lowest BCUT2D eigenvalue weighted by molar-refractivity contribution is -0.138. The average Bonchev–Trinajstić information content (AvgIpc) is 2.08. The Morgan fingerprint density at radius 3 is 2.92 bits per heavy atom. The second kappa shape index (κ2) is 3.70. The van der Waals surface area contributed by atoms with Crippen LogP contribution in [0.1, 0.15) is 18.4 Å². The molecule has 0 spiro atoms. The van der Waals surface area contributed by atoms with Crippen molar-refractivity contribution >= 4 is 17.6 Å². The van der Waals surface area contributed by atoms with E-state index in [1.807, 2.05) is 0 Å². The minimum Gasteiger partial charge on any atom is -0.481 e. The summed E-state index contributed by atoms with van der Waals surface area (Å²) in [5.41, 5.74) is 0.189. The van der Waals surface area contributed by atoms with Crippen molar-refractivity contribution in [3.63, 3.8) is 0 Å². The number of nitrogens with zero attached hydrogens (tertiary/aromatic N) is 1. The third kappa shape index (κ3) is 2.15. The molecule has 5 heteroatoms. The molecular weight excluding hydrogens is 197 g/mol. The predicted octanol–water partition coefficient (Wildman–Crippen LogP) is 2.06. The van der Waals surface area contributed by atoms with Crippen molar-refractivity contribution in [3.05, 3.63) is 28.8 Å². The SMILES string of the molecule is CC(C(=O)O)c1cc(F)cnc1Cl. The Bertz CT molecular complexity index is 343. The van der Waals surface area contributed by atoms with E-state index in [0.29, 0.717) is 0 Å². The van der Waals surface area contributed by atoms with Gasteiger partial charge in [0.1, 0.15) is 11.0 Å². The summed E-state index contributed by atoms with van der Waals surface area (Å²) in [6, 6.07) is 1.08. The van der Waals surface area contributed by atoms with E-state index in [1.165, 1.54) is 6.92 Å². The van der Waals surface area contributed by atoms with Crippen molar-refractivity contribution in [3.8, 4) is 0 Å². The number of pyridine rings is 1. The van der Waals surface area contributed by atoms with Crippen molar-refractivity contribution in [2.45, 2.75) is 12.8 Å². The molecule has 0 aromatic carbocycles. The smallest absolute Gasteiger partial charge is 0.310 e. The molecule has 0 radical (unpaired) electrons. The molecule has 0 aliphatic rings. The third-order valence-corrected chi connectivity index (χ3v) is 1.99. The fourth-order valence-corrected chi connectivity index (χ4v) is 1.14. The zero-order valence-corrected chi connectivity index (χ0v) is 7.55. The summed E-state index contributed by atoms with van der Waals surface area (Å²) in [6.07, 6.45) is 0.945. The Morgan fingerprint density at radius 1 is 1.77 bits per heavy atom. The highest BCUT2D eigenvalue weighted by molar-refractivity contribution is 6.30. The molecule has 1 rings (SSSR count). The van der Waals surface area contributed by atoms with Gasteiger partial charge in [-0.05, 0) is 13.0 Å². The number of aromatic nitrogens is 1. The van der Waals surface area contributed by atoms with Crippen LogP contribution in [0, 0.1) is 5.82 Å². The second-order valence-corrected chi connectivity index (χ2v) is 2.95. The first kappa shape index (κ1) is 9.92. The molecule has 0 aliphatic heterocycles. The van der Waals surface area contributed by atoms with E-state index in [9.17, 15) is 9.18 Å². The van der Waals surface area contributed by atoms with Gasteiger partial charge in [-0.15, -0.1) is 0 Å². The summed E-state index contributed by atoms with van der Waals surface area (Å²) >= 11 is 5.59. The maximum absolute atomic E-state index is 12.7. The molecule has 3 nitrogen and oxygen atoms in total. The van der Waals surface area contributed by atoms with E-state index in [0.717, 1.165) is 12.3 Å². The Kier molecular flexibility index (Phi) is 2.83. The summed E-state index contributed by atoms with van der Waals surface area (Å²) in [5, 5.41) is 8.67. The minimum atomic E-state index is -1.06. The van der Waals surface area contributed by atoms with Gasteiger partial charge in [-0.2, -0.15) is 0 Å². The number of halogens is 2. The number of hydrogen-bond acceptors (Lipinski definition) is 2. The summed E-state index contributed by atoms with van der Waals surface area (Å²) < 4.78 is 12.7. The molecule has 0 saturated carbocycles. The highest BCUT2D eigenvalue weighted by Gasteiger charge is 2.18. The van der Waals surface area contributed by atoms with E-state index in [4.69, 9.17) is 16.7 Å². The van der Waals surface area contributed by atoms with E-state index >= 15 is 0 Å². The first-order valence-corrected chi connectivity index (χ1v) is 3.94. The zero-order valence-electron chi connectivity index (χ0n) is 6.79. The lowest BCUT2D eigenvalue weighted by Gasteiger charge is -2.07. The number of carbonyl (C=O) groups is 1. The van der Waals surface area contributed by atoms with Gasteiger partial charge in [0.25, 0.3) is 0 Å². The van der Waals surface area contributed by atoms with Crippen LogP contribution in [-0.4, -0.2) is 16.1 Å². The second-order valence-electron chi connectivity index (χ2n) is 2.59. The zero-order chi connectivity index (χ0) is 10.0. The molecule has 0 bridgehead atoms. The Morgan fingerprint density at radius 2 is 2.38 bits per heavy atom. The summed E-state index contributed by atoms with van der Waals surface area (Å²) in [4.78, 5) is 14.1. The van der Waals surface area contributed by atoms with Crippen LogP contribution in [0.5, 0.6) is 0 Å². The monoisotopic (exact) mass is 203 g/mol. The van der Waals surface area contributed by atoms with Crippen LogP contribution in [0.2, 0.25) is 5.15 Å². The molecule has 70 valence electrons. The van der Waals surface area contributed by atoms with Crippen LogP contribution in [0.25, 0.3) is 0 Å². The van der Waals surface area contributed by atoms with Crippen LogP contribution < -0.4 is 0 Å². The quantitative estimate of drug-likeness (QED) is 0.749. The largest absolute Gasteiger partial charge is 0.481 e. The molecule has 1 N–H and O–H groups in total. The molecule has 13 heavy (non-hydrogen) atoms. The molecule has 1 unspecified atom stereocenters. The van der Waals surface area contributed by atoms with E-state index < -0.39 is 17.7 Å². The van der Waals surface area contributed by atoms with Crippen LogP contribution in [0.3, 0.4) is 0 Å². The minimum absolute atomic E-state index is 0.0244. The average molecular weight is 204 g/mol. The van der Waals surface area contributed by atoms with Gasteiger partial charge in [0.2, 0.25) is 0 Å². The highest BCUT2D eigenvalue weighted by Crippen LogP contribution is 2.23. The van der Waals surface area contributed by atoms with Crippen molar-refractivity contribution < 1.29 is 14.3 Å². The van der Waals surface area contributed by atoms with Gasteiger partial charge in [0.05, 0.1) is 12.1 Å². The van der Waals surface area contributed by atoms with E-state index in [-0.39, 0.29) is 10.7 Å². The molecule has 1 aromatic heterocycles. The fraction of sp³-hybridized carbons (Fsp3) is 0.250. The van der Waals surface area contributed by atoms with Gasteiger partial charge in [-0.25, -0.2) is 9.37 Å². The predicted molar refractivity (Wildman–Crippen MR) is 45.3 cm³/mol. The topological polar surface area (TPSA) is 50.2 Å². The van der Waals surface area contributed by atoms with Crippen LogP contribution in [0.4, 0.5) is 4.39 Å². The lowest BCUT2D eigenvalue weighted by Crippen LogP contribution is -2.08. The van der Waals surface area contributed by atoms with Gasteiger partial charge in [0.15, 0.2) is 0 Å². The van der Waals surface area contributed by atoms with E-state index in [2.05, 4.69) is 4.98 Å². The van der Waals surface area contributed by atoms with Crippen molar-refractivity contribution in [1.29, 1.82) is 0 Å². The van der Waals surface area contributed by atoms with Gasteiger partial charge in [-0.3, -0.25) is 4.79 Å². The number of aliphatic carboxylic acids is 1. The number of rotatable bonds is 2. The Labute approximate surface area is 79.2 Å². The van der Waals surface area contributed by atoms with Gasteiger partial charge in [-0.1, -0.05) is 11.6 Å². The fourth-order valence-electron chi connectivity index (χ4n) is 0.875. The van der Waals surface area contributed by atoms with Crippen LogP contribution in [0.15, 0.2) is 12.3 Å². The summed E-state index contributed by atoms with van der Waals surface area (Å²) in [5.74, 6) is -2.50. The van der Waals surface area contributed by atoms with Crippen molar-refractivity contribution in [2.75, 3.05) is 0 Å². The van der Waals surface area contributed by atoms with Gasteiger partial charge < -0.3 is 5.11 Å². The summed E-state index contributed by atoms with van der Waals surface area (Å²) in [6.45, 7) is 1.42. The van der Waals surface area contributed by atoms with E-state index in [1.54, 1.807) is 0 Å². The maximum atomic E-state index is 12.7. The molecule has 0 aliphatic carbocycles.